The predicted molar refractivity (Wildman–Crippen MR) is 66.0 cm³/mol. The molecule has 3 N–H and O–H groups in total. The first-order chi connectivity index (χ1) is 8.99. The fourth-order valence-electron chi connectivity index (χ4n) is 1.41. The molecule has 1 heterocycles. The molecule has 0 saturated heterocycles. The summed E-state index contributed by atoms with van der Waals surface area (Å²) in [5, 5.41) is 14.7. The molecule has 100 valence electrons. The normalized spacial score (nSPS) is 11.4. The Kier molecular flexibility index (Phi) is 3.63. The third kappa shape index (κ3) is 3.18. The van der Waals surface area contributed by atoms with Crippen LogP contribution in [0.1, 0.15) is 15.9 Å². The average molecular weight is 281 g/mol. The summed E-state index contributed by atoms with van der Waals surface area (Å²) in [6.45, 7) is 0.0768. The van der Waals surface area contributed by atoms with E-state index >= 15 is 0 Å². The van der Waals surface area contributed by atoms with Crippen molar-refractivity contribution in [2.45, 2.75) is 11.4 Å². The van der Waals surface area contributed by atoms with Crippen LogP contribution in [0.15, 0.2) is 41.6 Å². The van der Waals surface area contributed by atoms with E-state index in [-0.39, 0.29) is 17.0 Å². The number of carbonyl (C=O) groups is 1. The van der Waals surface area contributed by atoms with Crippen molar-refractivity contribution in [3.05, 3.63) is 47.8 Å². The molecule has 0 unspecified atom stereocenters. The average Bonchev–Trinajstić information content (AvgIpc) is 2.91. The van der Waals surface area contributed by atoms with Crippen molar-refractivity contribution >= 4 is 16.0 Å². The van der Waals surface area contributed by atoms with Crippen molar-refractivity contribution < 1.29 is 18.3 Å². The van der Waals surface area contributed by atoms with Gasteiger partial charge in [0.2, 0.25) is 10.0 Å². The van der Waals surface area contributed by atoms with Crippen molar-refractivity contribution in [1.82, 2.24) is 14.9 Å². The minimum absolute atomic E-state index is 0.0506. The lowest BCUT2D eigenvalue weighted by Gasteiger charge is -2.05. The van der Waals surface area contributed by atoms with E-state index in [2.05, 4.69) is 14.9 Å². The van der Waals surface area contributed by atoms with Gasteiger partial charge in [0.05, 0.1) is 11.8 Å². The van der Waals surface area contributed by atoms with Gasteiger partial charge in [-0.25, -0.2) is 17.9 Å². The molecule has 1 aromatic carbocycles. The van der Waals surface area contributed by atoms with E-state index in [1.165, 1.54) is 24.5 Å². The van der Waals surface area contributed by atoms with E-state index in [1.54, 1.807) is 12.1 Å². The summed E-state index contributed by atoms with van der Waals surface area (Å²) >= 11 is 0. The van der Waals surface area contributed by atoms with E-state index in [0.29, 0.717) is 5.56 Å². The van der Waals surface area contributed by atoms with Gasteiger partial charge in [-0.1, -0.05) is 12.1 Å². The number of carboxylic acids is 1. The van der Waals surface area contributed by atoms with Crippen LogP contribution in [0.3, 0.4) is 0 Å². The molecule has 0 amide bonds. The summed E-state index contributed by atoms with van der Waals surface area (Å²) in [5.74, 6) is -1.02. The van der Waals surface area contributed by atoms with Gasteiger partial charge in [0.15, 0.2) is 0 Å². The first kappa shape index (κ1) is 13.2. The maximum absolute atomic E-state index is 11.8. The van der Waals surface area contributed by atoms with Gasteiger partial charge in [0.25, 0.3) is 0 Å². The van der Waals surface area contributed by atoms with Gasteiger partial charge in [0.1, 0.15) is 4.90 Å². The Morgan fingerprint density at radius 1 is 1.32 bits per heavy atom. The summed E-state index contributed by atoms with van der Waals surface area (Å²) in [6, 6.07) is 5.95. The minimum Gasteiger partial charge on any atom is -0.478 e. The monoisotopic (exact) mass is 281 g/mol. The summed E-state index contributed by atoms with van der Waals surface area (Å²) in [7, 11) is -3.60. The first-order valence-corrected chi connectivity index (χ1v) is 6.78. The van der Waals surface area contributed by atoms with Crippen molar-refractivity contribution in [2.75, 3.05) is 0 Å². The van der Waals surface area contributed by atoms with Gasteiger partial charge in [-0.3, -0.25) is 5.10 Å². The Labute approximate surface area is 109 Å². The van der Waals surface area contributed by atoms with E-state index in [0.717, 1.165) is 0 Å². The minimum atomic E-state index is -3.60. The van der Waals surface area contributed by atoms with E-state index in [1.807, 2.05) is 0 Å². The summed E-state index contributed by atoms with van der Waals surface area (Å²) in [4.78, 5) is 10.7. The van der Waals surface area contributed by atoms with Crippen LogP contribution in [0.4, 0.5) is 0 Å². The summed E-state index contributed by atoms with van der Waals surface area (Å²) < 4.78 is 25.9. The molecule has 0 aliphatic carbocycles. The quantitative estimate of drug-likeness (QED) is 0.742. The Bertz CT molecular complexity index is 662. The standard InChI is InChI=1S/C11H11N3O4S/c15-11(16)9-3-1-8(2-4-9)5-14-19(17,18)10-6-12-13-7-10/h1-4,6-7,14H,5H2,(H,12,13)(H,15,16). The van der Waals surface area contributed by atoms with Gasteiger partial charge < -0.3 is 5.11 Å². The van der Waals surface area contributed by atoms with Crippen LogP contribution in [0.25, 0.3) is 0 Å². The molecule has 0 fully saturated rings. The number of H-pyrrole nitrogens is 1. The van der Waals surface area contributed by atoms with Crippen molar-refractivity contribution in [2.24, 2.45) is 0 Å². The number of carboxylic acid groups (broad SMARTS) is 1. The maximum Gasteiger partial charge on any atom is 0.335 e. The van der Waals surface area contributed by atoms with Crippen LogP contribution >= 0.6 is 0 Å². The van der Waals surface area contributed by atoms with E-state index < -0.39 is 16.0 Å². The molecule has 0 atom stereocenters. The van der Waals surface area contributed by atoms with Crippen LogP contribution < -0.4 is 4.72 Å². The Balaban J connectivity index is 2.05. The second-order valence-corrected chi connectivity index (χ2v) is 5.53. The molecule has 7 nitrogen and oxygen atoms in total. The fourth-order valence-corrected chi connectivity index (χ4v) is 2.34. The van der Waals surface area contributed by atoms with Crippen LogP contribution in [-0.2, 0) is 16.6 Å². The SMILES string of the molecule is O=C(O)c1ccc(CNS(=O)(=O)c2cn[nH]c2)cc1. The molecule has 19 heavy (non-hydrogen) atoms. The van der Waals surface area contributed by atoms with E-state index in [9.17, 15) is 13.2 Å². The van der Waals surface area contributed by atoms with Crippen molar-refractivity contribution in [1.29, 1.82) is 0 Å². The molecule has 0 radical (unpaired) electrons. The number of hydrogen-bond acceptors (Lipinski definition) is 4. The lowest BCUT2D eigenvalue weighted by molar-refractivity contribution is 0.0697. The smallest absolute Gasteiger partial charge is 0.335 e. The van der Waals surface area contributed by atoms with Crippen LogP contribution in [-0.4, -0.2) is 29.7 Å². The number of aromatic amines is 1. The molecular formula is C11H11N3O4S. The number of nitrogens with one attached hydrogen (secondary N) is 2. The molecule has 0 spiro atoms. The highest BCUT2D eigenvalue weighted by Crippen LogP contribution is 2.08. The zero-order valence-corrected chi connectivity index (χ0v) is 10.5. The largest absolute Gasteiger partial charge is 0.478 e. The van der Waals surface area contributed by atoms with Gasteiger partial charge in [0, 0.05) is 12.7 Å². The van der Waals surface area contributed by atoms with Gasteiger partial charge in [-0.2, -0.15) is 5.10 Å². The second kappa shape index (κ2) is 5.21. The van der Waals surface area contributed by atoms with Gasteiger partial charge >= 0.3 is 5.97 Å². The Hall–Kier alpha value is -2.19. The molecule has 2 aromatic rings. The number of rotatable bonds is 5. The van der Waals surface area contributed by atoms with Crippen LogP contribution in [0.2, 0.25) is 0 Å². The zero-order valence-electron chi connectivity index (χ0n) is 9.70. The highest BCUT2D eigenvalue weighted by molar-refractivity contribution is 7.89. The second-order valence-electron chi connectivity index (χ2n) is 3.76. The van der Waals surface area contributed by atoms with Crippen LogP contribution in [0.5, 0.6) is 0 Å². The third-order valence-corrected chi connectivity index (χ3v) is 3.82. The Morgan fingerprint density at radius 3 is 2.53 bits per heavy atom. The lowest BCUT2D eigenvalue weighted by atomic mass is 10.1. The number of aromatic carboxylic acids is 1. The molecule has 1 aromatic heterocycles. The summed E-state index contributed by atoms with van der Waals surface area (Å²) in [5.41, 5.74) is 0.818. The number of nitrogens with zero attached hydrogens (tertiary/aromatic N) is 1. The highest BCUT2D eigenvalue weighted by atomic mass is 32.2. The Morgan fingerprint density at radius 2 is 2.00 bits per heavy atom. The predicted octanol–water partition coefficient (Wildman–Crippen LogP) is 0.586. The molecular weight excluding hydrogens is 270 g/mol. The molecule has 0 aliphatic rings. The molecule has 2 rings (SSSR count). The topological polar surface area (TPSA) is 112 Å². The molecule has 8 heteroatoms. The summed E-state index contributed by atoms with van der Waals surface area (Å²) in [6.07, 6.45) is 2.48. The lowest BCUT2D eigenvalue weighted by Crippen LogP contribution is -2.22. The third-order valence-electron chi connectivity index (χ3n) is 2.45. The first-order valence-electron chi connectivity index (χ1n) is 5.30. The number of aromatic nitrogens is 2. The number of benzene rings is 1. The molecule has 0 aliphatic heterocycles. The van der Waals surface area contributed by atoms with Crippen molar-refractivity contribution in [3.8, 4) is 0 Å². The fraction of sp³-hybridized carbons (Fsp3) is 0.0909. The van der Waals surface area contributed by atoms with Crippen LogP contribution in [0, 0.1) is 0 Å². The van der Waals surface area contributed by atoms with E-state index in [4.69, 9.17) is 5.11 Å². The van der Waals surface area contributed by atoms with Gasteiger partial charge in [-0.05, 0) is 17.7 Å². The number of sulfonamides is 1. The highest BCUT2D eigenvalue weighted by Gasteiger charge is 2.14. The van der Waals surface area contributed by atoms with Gasteiger partial charge in [-0.15, -0.1) is 0 Å². The van der Waals surface area contributed by atoms with Crippen molar-refractivity contribution in [3.63, 3.8) is 0 Å². The zero-order chi connectivity index (χ0) is 13.9. The molecule has 0 bridgehead atoms. The number of hydrogen-bond donors (Lipinski definition) is 3. The maximum atomic E-state index is 11.8. The molecule has 0 saturated carbocycles.